The van der Waals surface area contributed by atoms with Crippen LogP contribution in [0.1, 0.15) is 17.2 Å². The average Bonchev–Trinajstić information content (AvgIpc) is 2.43. The molecule has 0 radical (unpaired) electrons. The maximum Gasteiger partial charge on any atom is 0.416 e. The van der Waals surface area contributed by atoms with Crippen LogP contribution in [0.5, 0.6) is 0 Å². The Hall–Kier alpha value is -0.410. The molecule has 0 unspecified atom stereocenters. The molecule has 11 heteroatoms. The molecule has 1 saturated heterocycles. The highest BCUT2D eigenvalue weighted by Crippen LogP contribution is 2.41. The fraction of sp³-hybridized carbons (Fsp3) is 0.538. The van der Waals surface area contributed by atoms with E-state index in [0.29, 0.717) is 19.2 Å². The first-order valence-corrected chi connectivity index (χ1v) is 6.89. The molecule has 0 spiro atoms. The van der Waals surface area contributed by atoms with Gasteiger partial charge in [-0.3, -0.25) is 4.90 Å². The summed E-state index contributed by atoms with van der Waals surface area (Å²) in [5.41, 5.74) is -2.50. The van der Waals surface area contributed by atoms with Crippen LogP contribution < -0.4 is 5.32 Å². The number of rotatable bonds is 3. The quantitative estimate of drug-likeness (QED) is 0.723. The van der Waals surface area contributed by atoms with Gasteiger partial charge < -0.3 is 5.32 Å². The zero-order chi connectivity index (χ0) is 16.5. The molecule has 0 amide bonds. The monoisotopic (exact) mass is 418 g/mol. The molecular weight excluding hydrogens is 405 g/mol. The van der Waals surface area contributed by atoms with E-state index in [2.05, 4.69) is 5.32 Å². The molecule has 0 aliphatic carbocycles. The number of piperazine rings is 1. The minimum atomic E-state index is -4.94. The Labute approximate surface area is 152 Å². The van der Waals surface area contributed by atoms with Crippen LogP contribution in [-0.4, -0.2) is 37.5 Å². The predicted octanol–water partition coefficient (Wildman–Crippen LogP) is 4.55. The Morgan fingerprint density at radius 3 is 2.08 bits per heavy atom. The molecule has 24 heavy (non-hydrogen) atoms. The number of nitrogens with zero attached hydrogens (tertiary/aromatic N) is 1. The zero-order valence-corrected chi connectivity index (χ0v) is 14.4. The summed E-state index contributed by atoms with van der Waals surface area (Å²) < 4.78 is 80.2. The topological polar surface area (TPSA) is 15.3 Å². The molecule has 1 aromatic rings. The van der Waals surface area contributed by atoms with Gasteiger partial charge in [0.1, 0.15) is 5.82 Å². The van der Waals surface area contributed by atoms with Crippen LogP contribution in [0.3, 0.4) is 0 Å². The first-order valence-electron chi connectivity index (χ1n) is 6.51. The van der Waals surface area contributed by atoms with E-state index in [4.69, 9.17) is 11.6 Å². The highest BCUT2D eigenvalue weighted by atomic mass is 35.5. The lowest BCUT2D eigenvalue weighted by Crippen LogP contribution is -2.47. The molecule has 1 aromatic carbocycles. The first kappa shape index (κ1) is 23.6. The number of halogens is 9. The number of benzene rings is 1. The smallest absolute Gasteiger partial charge is 0.314 e. The van der Waals surface area contributed by atoms with Gasteiger partial charge in [0.05, 0.1) is 16.6 Å². The van der Waals surface area contributed by atoms with Crippen molar-refractivity contribution in [2.45, 2.75) is 18.6 Å². The largest absolute Gasteiger partial charge is 0.416 e. The average molecular weight is 420 g/mol. The lowest BCUT2D eigenvalue weighted by atomic mass is 9.97. The van der Waals surface area contributed by atoms with E-state index < -0.39 is 40.6 Å². The SMILES string of the molecule is Cl.Cl.Fc1c(Cl)ccc(C(F)(F)F)c1[C@H](C(F)F)N1CCNCC1. The van der Waals surface area contributed by atoms with E-state index in [-0.39, 0.29) is 37.9 Å². The summed E-state index contributed by atoms with van der Waals surface area (Å²) in [6.45, 7) is 0.871. The van der Waals surface area contributed by atoms with E-state index in [9.17, 15) is 26.3 Å². The predicted molar refractivity (Wildman–Crippen MR) is 84.1 cm³/mol. The molecular formula is C13H15Cl3F6N2. The van der Waals surface area contributed by atoms with Crippen molar-refractivity contribution in [3.05, 3.63) is 34.1 Å². The van der Waals surface area contributed by atoms with Crippen LogP contribution in [0.2, 0.25) is 5.02 Å². The van der Waals surface area contributed by atoms with Crippen molar-refractivity contribution in [1.82, 2.24) is 10.2 Å². The molecule has 0 aromatic heterocycles. The van der Waals surface area contributed by atoms with Gasteiger partial charge in [0.2, 0.25) is 0 Å². The molecule has 1 fully saturated rings. The summed E-state index contributed by atoms with van der Waals surface area (Å²) in [5.74, 6) is -1.44. The Balaban J connectivity index is 0.00000264. The van der Waals surface area contributed by atoms with Crippen molar-refractivity contribution in [3.8, 4) is 0 Å². The van der Waals surface area contributed by atoms with Crippen molar-refractivity contribution >= 4 is 36.4 Å². The van der Waals surface area contributed by atoms with Gasteiger partial charge in [-0.1, -0.05) is 11.6 Å². The van der Waals surface area contributed by atoms with Gasteiger partial charge in [0.15, 0.2) is 0 Å². The molecule has 2 nitrogen and oxygen atoms in total. The summed E-state index contributed by atoms with van der Waals surface area (Å²) >= 11 is 5.51. The van der Waals surface area contributed by atoms with Gasteiger partial charge in [-0.05, 0) is 12.1 Å². The molecule has 1 heterocycles. The van der Waals surface area contributed by atoms with Gasteiger partial charge in [-0.15, -0.1) is 24.8 Å². The molecule has 1 N–H and O–H groups in total. The number of alkyl halides is 5. The summed E-state index contributed by atoms with van der Waals surface area (Å²) in [4.78, 5) is 1.14. The van der Waals surface area contributed by atoms with Gasteiger partial charge in [0.25, 0.3) is 6.43 Å². The van der Waals surface area contributed by atoms with Crippen molar-refractivity contribution in [3.63, 3.8) is 0 Å². The Morgan fingerprint density at radius 1 is 1.08 bits per heavy atom. The Kier molecular flexibility index (Phi) is 9.17. The maximum atomic E-state index is 14.2. The lowest BCUT2D eigenvalue weighted by molar-refractivity contribution is -0.139. The van der Waals surface area contributed by atoms with E-state index in [1.807, 2.05) is 0 Å². The summed E-state index contributed by atoms with van der Waals surface area (Å²) in [7, 11) is 0. The van der Waals surface area contributed by atoms with Crippen molar-refractivity contribution < 1.29 is 26.3 Å². The van der Waals surface area contributed by atoms with E-state index >= 15 is 0 Å². The third-order valence-corrected chi connectivity index (χ3v) is 3.81. The maximum absolute atomic E-state index is 14.2. The fourth-order valence-corrected chi connectivity index (χ4v) is 2.70. The molecule has 1 aliphatic rings. The molecule has 1 aliphatic heterocycles. The van der Waals surface area contributed by atoms with Crippen LogP contribution in [0.4, 0.5) is 26.3 Å². The van der Waals surface area contributed by atoms with E-state index in [0.717, 1.165) is 11.0 Å². The molecule has 0 bridgehead atoms. The Bertz CT molecular complexity index is 535. The number of hydrogen-bond acceptors (Lipinski definition) is 2. The molecule has 0 saturated carbocycles. The Morgan fingerprint density at radius 2 is 1.62 bits per heavy atom. The minimum absolute atomic E-state index is 0. The normalized spacial score (nSPS) is 17.2. The van der Waals surface area contributed by atoms with E-state index in [1.165, 1.54) is 0 Å². The first-order chi connectivity index (χ1) is 10.2. The highest BCUT2D eigenvalue weighted by molar-refractivity contribution is 6.30. The molecule has 140 valence electrons. The minimum Gasteiger partial charge on any atom is -0.314 e. The van der Waals surface area contributed by atoms with Crippen LogP contribution >= 0.6 is 36.4 Å². The number of nitrogens with one attached hydrogen (secondary N) is 1. The van der Waals surface area contributed by atoms with Gasteiger partial charge in [-0.2, -0.15) is 13.2 Å². The second-order valence-electron chi connectivity index (χ2n) is 4.89. The summed E-state index contributed by atoms with van der Waals surface area (Å²) in [6.07, 6.45) is -8.12. The zero-order valence-electron chi connectivity index (χ0n) is 12.0. The second kappa shape index (κ2) is 9.33. The van der Waals surface area contributed by atoms with Crippen LogP contribution in [-0.2, 0) is 6.18 Å². The fourth-order valence-electron chi connectivity index (χ4n) is 2.53. The van der Waals surface area contributed by atoms with Crippen molar-refractivity contribution in [2.75, 3.05) is 26.2 Å². The highest BCUT2D eigenvalue weighted by Gasteiger charge is 2.42. The van der Waals surface area contributed by atoms with Gasteiger partial charge in [0, 0.05) is 31.7 Å². The second-order valence-corrected chi connectivity index (χ2v) is 5.29. The van der Waals surface area contributed by atoms with Crippen LogP contribution in [0.15, 0.2) is 12.1 Å². The van der Waals surface area contributed by atoms with Crippen LogP contribution in [0.25, 0.3) is 0 Å². The molecule has 1 atom stereocenters. The van der Waals surface area contributed by atoms with E-state index in [1.54, 1.807) is 0 Å². The van der Waals surface area contributed by atoms with Crippen LogP contribution in [0, 0.1) is 5.82 Å². The third-order valence-electron chi connectivity index (χ3n) is 3.52. The molecule has 2 rings (SSSR count). The van der Waals surface area contributed by atoms with Crippen molar-refractivity contribution in [2.24, 2.45) is 0 Å². The summed E-state index contributed by atoms with van der Waals surface area (Å²) in [6, 6.07) is -0.723. The standard InChI is InChI=1S/C13H13ClF6N2.2ClH/c14-8-2-1-7(13(18,19)20)9(10(8)15)11(12(16)17)22-5-3-21-4-6-22;;/h1-2,11-12,21H,3-6H2;2*1H/t11-;;/m1../s1. The van der Waals surface area contributed by atoms with Gasteiger partial charge >= 0.3 is 6.18 Å². The van der Waals surface area contributed by atoms with Gasteiger partial charge in [-0.25, -0.2) is 13.2 Å². The van der Waals surface area contributed by atoms with Crippen molar-refractivity contribution in [1.29, 1.82) is 0 Å². The third kappa shape index (κ3) is 5.05. The summed E-state index contributed by atoms with van der Waals surface area (Å²) in [5, 5.41) is 2.29. The number of hydrogen-bond donors (Lipinski definition) is 1. The lowest BCUT2D eigenvalue weighted by Gasteiger charge is -2.35.